The number of hydrogen-bond acceptors (Lipinski definition) is 4. The first-order valence-corrected chi connectivity index (χ1v) is 8.24. The van der Waals surface area contributed by atoms with Gasteiger partial charge in [0.2, 0.25) is 5.78 Å². The highest BCUT2D eigenvalue weighted by atomic mass is 16.5. The number of benzene rings is 2. The van der Waals surface area contributed by atoms with Gasteiger partial charge in [-0.2, -0.15) is 0 Å². The first kappa shape index (κ1) is 18.9. The highest BCUT2D eigenvalue weighted by Gasteiger charge is 2.22. The summed E-state index contributed by atoms with van der Waals surface area (Å²) >= 11 is 0. The Bertz CT molecular complexity index is 792. The lowest BCUT2D eigenvalue weighted by molar-refractivity contribution is 0.0318. The molecular weight excluding hydrogens is 316 g/mol. The Morgan fingerprint density at radius 2 is 1.68 bits per heavy atom. The van der Waals surface area contributed by atoms with E-state index in [1.54, 1.807) is 32.2 Å². The van der Waals surface area contributed by atoms with Crippen molar-refractivity contribution in [3.8, 4) is 0 Å². The number of rotatable bonds is 6. The molecule has 4 heteroatoms. The van der Waals surface area contributed by atoms with Crippen LogP contribution in [0.4, 0.5) is 0 Å². The van der Waals surface area contributed by atoms with Gasteiger partial charge in [-0.15, -0.1) is 0 Å². The molecule has 132 valence electrons. The zero-order chi connectivity index (χ0) is 18.6. The van der Waals surface area contributed by atoms with Crippen molar-refractivity contribution in [3.63, 3.8) is 0 Å². The van der Waals surface area contributed by atoms with E-state index in [0.717, 1.165) is 22.3 Å². The molecule has 0 amide bonds. The van der Waals surface area contributed by atoms with Crippen molar-refractivity contribution in [2.24, 2.45) is 0 Å². The quantitative estimate of drug-likeness (QED) is 0.584. The molecule has 0 fully saturated rings. The number of ketones is 1. The average molecular weight is 340 g/mol. The molecule has 0 saturated heterocycles. The summed E-state index contributed by atoms with van der Waals surface area (Å²) in [6.07, 6.45) is -0.848. The molecular formula is C21H24O4. The summed E-state index contributed by atoms with van der Waals surface area (Å²) in [6, 6.07) is 10.9. The van der Waals surface area contributed by atoms with Gasteiger partial charge in [0, 0.05) is 12.7 Å². The van der Waals surface area contributed by atoms with E-state index in [1.807, 2.05) is 39.0 Å². The van der Waals surface area contributed by atoms with Crippen molar-refractivity contribution in [1.29, 1.82) is 0 Å². The lowest BCUT2D eigenvalue weighted by atomic mass is 9.96. The van der Waals surface area contributed by atoms with Crippen LogP contribution in [0.1, 0.15) is 49.9 Å². The first-order valence-electron chi connectivity index (χ1n) is 8.24. The number of esters is 1. The molecule has 0 aliphatic rings. The Morgan fingerprint density at radius 3 is 2.36 bits per heavy atom. The monoisotopic (exact) mass is 340 g/mol. The zero-order valence-electron chi connectivity index (χ0n) is 15.4. The number of carbonyl (C=O) groups is 2. The lowest BCUT2D eigenvalue weighted by Gasteiger charge is -2.15. The second kappa shape index (κ2) is 8.08. The number of aryl methyl sites for hydroxylation is 3. The fraction of sp³-hybridized carbons (Fsp3) is 0.333. The summed E-state index contributed by atoms with van der Waals surface area (Å²) in [5.41, 5.74) is 4.94. The molecule has 2 aromatic rings. The second-order valence-electron chi connectivity index (χ2n) is 6.30. The SMILES string of the molecule is COCc1cccc(C(=O)OC(C)C(=O)c2cc(C)c(C)cc2C)c1. The van der Waals surface area contributed by atoms with Gasteiger partial charge in [-0.25, -0.2) is 4.79 Å². The zero-order valence-corrected chi connectivity index (χ0v) is 15.4. The van der Waals surface area contributed by atoms with E-state index in [0.29, 0.717) is 17.7 Å². The van der Waals surface area contributed by atoms with E-state index in [4.69, 9.17) is 9.47 Å². The van der Waals surface area contributed by atoms with Crippen LogP contribution in [-0.2, 0) is 16.1 Å². The van der Waals surface area contributed by atoms with Crippen LogP contribution in [0.3, 0.4) is 0 Å². The van der Waals surface area contributed by atoms with Gasteiger partial charge < -0.3 is 9.47 Å². The van der Waals surface area contributed by atoms with Gasteiger partial charge in [0.15, 0.2) is 6.10 Å². The molecule has 0 aliphatic heterocycles. The summed E-state index contributed by atoms with van der Waals surface area (Å²) in [7, 11) is 1.59. The van der Waals surface area contributed by atoms with Gasteiger partial charge in [-0.3, -0.25) is 4.79 Å². The van der Waals surface area contributed by atoms with Gasteiger partial charge in [-0.1, -0.05) is 18.2 Å². The molecule has 0 saturated carbocycles. The van der Waals surface area contributed by atoms with Crippen molar-refractivity contribution in [3.05, 3.63) is 69.8 Å². The van der Waals surface area contributed by atoms with Crippen molar-refractivity contribution in [2.75, 3.05) is 7.11 Å². The Kier molecular flexibility index (Phi) is 6.10. The summed E-state index contributed by atoms with van der Waals surface area (Å²) in [5, 5.41) is 0. The number of carbonyl (C=O) groups excluding carboxylic acids is 2. The Morgan fingerprint density at radius 1 is 1.00 bits per heavy atom. The van der Waals surface area contributed by atoms with Crippen LogP contribution in [0.15, 0.2) is 36.4 Å². The molecule has 2 aromatic carbocycles. The molecule has 0 spiro atoms. The summed E-state index contributed by atoms with van der Waals surface area (Å²) < 4.78 is 10.4. The highest BCUT2D eigenvalue weighted by Crippen LogP contribution is 2.18. The maximum absolute atomic E-state index is 12.7. The van der Waals surface area contributed by atoms with Gasteiger partial charge in [-0.05, 0) is 68.1 Å². The molecule has 2 rings (SSSR count). The fourth-order valence-electron chi connectivity index (χ4n) is 2.68. The van der Waals surface area contributed by atoms with Crippen LogP contribution in [0, 0.1) is 20.8 Å². The third-order valence-corrected chi connectivity index (χ3v) is 4.23. The van der Waals surface area contributed by atoms with Crippen LogP contribution in [0.25, 0.3) is 0 Å². The largest absolute Gasteiger partial charge is 0.451 e. The molecule has 1 unspecified atom stereocenters. The molecule has 25 heavy (non-hydrogen) atoms. The van der Waals surface area contributed by atoms with E-state index in [2.05, 4.69) is 0 Å². The van der Waals surface area contributed by atoms with E-state index < -0.39 is 12.1 Å². The third kappa shape index (κ3) is 4.54. The minimum atomic E-state index is -0.848. The van der Waals surface area contributed by atoms with E-state index >= 15 is 0 Å². The maximum atomic E-state index is 12.7. The minimum Gasteiger partial charge on any atom is -0.451 e. The highest BCUT2D eigenvalue weighted by molar-refractivity contribution is 6.02. The van der Waals surface area contributed by atoms with Crippen LogP contribution in [0.2, 0.25) is 0 Å². The normalized spacial score (nSPS) is 11.9. The van der Waals surface area contributed by atoms with Crippen molar-refractivity contribution in [1.82, 2.24) is 0 Å². The standard InChI is InChI=1S/C21H24O4/c1-13-9-15(3)19(10-14(13)2)20(22)16(4)25-21(23)18-8-6-7-17(11-18)12-24-5/h6-11,16H,12H2,1-5H3. The van der Waals surface area contributed by atoms with Gasteiger partial charge in [0.05, 0.1) is 12.2 Å². The maximum Gasteiger partial charge on any atom is 0.338 e. The molecule has 0 N–H and O–H groups in total. The van der Waals surface area contributed by atoms with E-state index in [1.165, 1.54) is 0 Å². The number of ether oxygens (including phenoxy) is 2. The van der Waals surface area contributed by atoms with Gasteiger partial charge in [0.25, 0.3) is 0 Å². The Hall–Kier alpha value is -2.46. The number of methoxy groups -OCH3 is 1. The van der Waals surface area contributed by atoms with Crippen molar-refractivity contribution < 1.29 is 19.1 Å². The van der Waals surface area contributed by atoms with Crippen molar-refractivity contribution >= 4 is 11.8 Å². The number of hydrogen-bond donors (Lipinski definition) is 0. The van der Waals surface area contributed by atoms with Crippen LogP contribution in [-0.4, -0.2) is 25.0 Å². The average Bonchev–Trinajstić information content (AvgIpc) is 2.58. The summed E-state index contributed by atoms with van der Waals surface area (Å²) in [4.78, 5) is 25.0. The Balaban J connectivity index is 2.14. The molecule has 0 radical (unpaired) electrons. The molecule has 0 aromatic heterocycles. The van der Waals surface area contributed by atoms with E-state index in [-0.39, 0.29) is 5.78 Å². The topological polar surface area (TPSA) is 52.6 Å². The summed E-state index contributed by atoms with van der Waals surface area (Å²) in [5.74, 6) is -0.706. The molecule has 0 heterocycles. The Labute approximate surface area is 148 Å². The molecule has 1 atom stereocenters. The lowest BCUT2D eigenvalue weighted by Crippen LogP contribution is -2.25. The van der Waals surface area contributed by atoms with Gasteiger partial charge in [0.1, 0.15) is 0 Å². The van der Waals surface area contributed by atoms with Crippen LogP contribution in [0.5, 0.6) is 0 Å². The van der Waals surface area contributed by atoms with Crippen molar-refractivity contribution in [2.45, 2.75) is 40.4 Å². The predicted octanol–water partition coefficient (Wildman–Crippen LogP) is 4.19. The summed E-state index contributed by atoms with van der Waals surface area (Å²) in [6.45, 7) is 7.88. The first-order chi connectivity index (χ1) is 11.8. The van der Waals surface area contributed by atoms with E-state index in [9.17, 15) is 9.59 Å². The second-order valence-corrected chi connectivity index (χ2v) is 6.30. The smallest absolute Gasteiger partial charge is 0.338 e. The van der Waals surface area contributed by atoms with Crippen LogP contribution < -0.4 is 0 Å². The molecule has 4 nitrogen and oxygen atoms in total. The molecule has 0 aliphatic carbocycles. The minimum absolute atomic E-state index is 0.193. The third-order valence-electron chi connectivity index (χ3n) is 4.23. The van der Waals surface area contributed by atoms with Crippen LogP contribution >= 0.6 is 0 Å². The predicted molar refractivity (Wildman–Crippen MR) is 97.0 cm³/mol. The van der Waals surface area contributed by atoms with Gasteiger partial charge >= 0.3 is 5.97 Å². The fourth-order valence-corrected chi connectivity index (χ4v) is 2.68. The number of Topliss-reactive ketones (excluding diaryl/α,β-unsaturated/α-hetero) is 1. The molecule has 0 bridgehead atoms.